The van der Waals surface area contributed by atoms with Crippen molar-refractivity contribution < 1.29 is 33.2 Å². The Labute approximate surface area is 171 Å². The lowest BCUT2D eigenvalue weighted by Crippen LogP contribution is -2.11. The van der Waals surface area contributed by atoms with Gasteiger partial charge in [-0.2, -0.15) is 0 Å². The zero-order chi connectivity index (χ0) is 20.5. The molecule has 0 aliphatic carbocycles. The number of ether oxygens (including phenoxy) is 6. The van der Waals surface area contributed by atoms with E-state index in [1.54, 1.807) is 0 Å². The minimum atomic E-state index is -0.601. The van der Waals surface area contributed by atoms with Crippen molar-refractivity contribution in [2.24, 2.45) is 0 Å². The number of carbonyl (C=O) groups is 1. The maximum atomic E-state index is 11.4. The van der Waals surface area contributed by atoms with Crippen molar-refractivity contribution in [1.29, 1.82) is 0 Å². The molecule has 0 aromatic heterocycles. The quantitative estimate of drug-likeness (QED) is 0.195. The van der Waals surface area contributed by atoms with Crippen molar-refractivity contribution >= 4 is 6.16 Å². The maximum absolute atomic E-state index is 11.4. The molecule has 28 heavy (non-hydrogen) atoms. The Kier molecular flexibility index (Phi) is 23.4. The van der Waals surface area contributed by atoms with Gasteiger partial charge in [-0.15, -0.1) is 0 Å². The summed E-state index contributed by atoms with van der Waals surface area (Å²) in [7, 11) is 0. The van der Waals surface area contributed by atoms with Gasteiger partial charge in [0.1, 0.15) is 0 Å². The molecule has 168 valence electrons. The first kappa shape index (κ1) is 27.1. The molecule has 0 aliphatic rings. The second kappa shape index (κ2) is 24.1. The van der Waals surface area contributed by atoms with Gasteiger partial charge < -0.3 is 28.4 Å². The molecular weight excluding hydrogens is 364 g/mol. The van der Waals surface area contributed by atoms with Gasteiger partial charge in [0.05, 0.1) is 39.6 Å². The lowest BCUT2D eigenvalue weighted by Gasteiger charge is -2.08. The molecule has 0 bridgehead atoms. The van der Waals surface area contributed by atoms with E-state index in [1.165, 1.54) is 0 Å². The Morgan fingerprint density at radius 2 is 0.786 bits per heavy atom. The molecule has 0 amide bonds. The van der Waals surface area contributed by atoms with E-state index in [4.69, 9.17) is 28.4 Å². The van der Waals surface area contributed by atoms with Crippen LogP contribution in [0.15, 0.2) is 0 Å². The Balaban J connectivity index is 3.13. The normalized spacial score (nSPS) is 10.9. The molecule has 0 atom stereocenters. The van der Waals surface area contributed by atoms with E-state index in [9.17, 15) is 4.79 Å². The van der Waals surface area contributed by atoms with Crippen LogP contribution >= 0.6 is 0 Å². The minimum Gasteiger partial charge on any atom is -0.434 e. The highest BCUT2D eigenvalue weighted by atomic mass is 16.7. The van der Waals surface area contributed by atoms with Crippen LogP contribution in [0, 0.1) is 0 Å². The van der Waals surface area contributed by atoms with Gasteiger partial charge in [-0.3, -0.25) is 0 Å². The summed E-state index contributed by atoms with van der Waals surface area (Å²) in [6, 6.07) is 0. The van der Waals surface area contributed by atoms with E-state index in [2.05, 4.69) is 13.8 Å². The molecule has 0 fully saturated rings. The predicted octanol–water partition coefficient (Wildman–Crippen LogP) is 4.37. The standard InChI is InChI=1S/C21H42O7/c1-3-5-11-23-17-19-25-13-7-9-15-27-21(22)28-16-10-8-14-26-20-18-24-12-6-4-2/h3-20H2,1-2H3. The van der Waals surface area contributed by atoms with Crippen molar-refractivity contribution in [2.45, 2.75) is 65.2 Å². The second-order valence-electron chi connectivity index (χ2n) is 6.52. The molecule has 0 aromatic rings. The first-order chi connectivity index (χ1) is 13.8. The highest BCUT2D eigenvalue weighted by Crippen LogP contribution is 1.97. The van der Waals surface area contributed by atoms with Crippen LogP contribution in [0.3, 0.4) is 0 Å². The molecule has 7 nitrogen and oxygen atoms in total. The molecule has 0 N–H and O–H groups in total. The fourth-order valence-corrected chi connectivity index (χ4v) is 2.10. The minimum absolute atomic E-state index is 0.357. The molecule has 0 aromatic carbocycles. The maximum Gasteiger partial charge on any atom is 0.508 e. The van der Waals surface area contributed by atoms with Crippen LogP contribution in [0.2, 0.25) is 0 Å². The van der Waals surface area contributed by atoms with E-state index in [0.717, 1.165) is 64.6 Å². The first-order valence-electron chi connectivity index (χ1n) is 10.9. The third-order valence-electron chi connectivity index (χ3n) is 3.83. The van der Waals surface area contributed by atoms with E-state index in [-0.39, 0.29) is 0 Å². The van der Waals surface area contributed by atoms with Crippen molar-refractivity contribution in [2.75, 3.05) is 66.1 Å². The first-order valence-corrected chi connectivity index (χ1v) is 10.9. The molecule has 0 heterocycles. The van der Waals surface area contributed by atoms with Crippen LogP contribution in [0.1, 0.15) is 65.2 Å². The van der Waals surface area contributed by atoms with Crippen molar-refractivity contribution in [3.05, 3.63) is 0 Å². The van der Waals surface area contributed by atoms with Crippen LogP contribution < -0.4 is 0 Å². The SMILES string of the molecule is CCCCOCCOCCCCOC(=O)OCCCCOCCOCCCC. The third-order valence-corrected chi connectivity index (χ3v) is 3.83. The summed E-state index contributed by atoms with van der Waals surface area (Å²) >= 11 is 0. The molecular formula is C21H42O7. The molecule has 0 unspecified atom stereocenters. The van der Waals surface area contributed by atoms with Crippen LogP contribution in [0.25, 0.3) is 0 Å². The summed E-state index contributed by atoms with van der Waals surface area (Å²) in [5, 5.41) is 0. The number of hydrogen-bond donors (Lipinski definition) is 0. The van der Waals surface area contributed by atoms with Gasteiger partial charge >= 0.3 is 6.16 Å². The monoisotopic (exact) mass is 406 g/mol. The predicted molar refractivity (Wildman–Crippen MR) is 109 cm³/mol. The largest absolute Gasteiger partial charge is 0.508 e. The van der Waals surface area contributed by atoms with Gasteiger partial charge in [0.25, 0.3) is 0 Å². The van der Waals surface area contributed by atoms with Crippen LogP contribution in [-0.4, -0.2) is 72.2 Å². The van der Waals surface area contributed by atoms with Crippen molar-refractivity contribution in [3.63, 3.8) is 0 Å². The van der Waals surface area contributed by atoms with E-state index in [1.807, 2.05) is 0 Å². The Bertz CT molecular complexity index is 285. The summed E-state index contributed by atoms with van der Waals surface area (Å²) < 4.78 is 31.7. The highest BCUT2D eigenvalue weighted by Gasteiger charge is 2.03. The number of unbranched alkanes of at least 4 members (excludes halogenated alkanes) is 4. The molecule has 0 rings (SSSR count). The molecule has 0 radical (unpaired) electrons. The van der Waals surface area contributed by atoms with Crippen LogP contribution in [0.4, 0.5) is 4.79 Å². The summed E-state index contributed by atoms with van der Waals surface area (Å²) in [5.74, 6) is 0. The van der Waals surface area contributed by atoms with E-state index >= 15 is 0 Å². The summed E-state index contributed by atoms with van der Waals surface area (Å²) in [6.45, 7) is 10.4. The van der Waals surface area contributed by atoms with Crippen molar-refractivity contribution in [1.82, 2.24) is 0 Å². The van der Waals surface area contributed by atoms with Gasteiger partial charge in [-0.1, -0.05) is 26.7 Å². The van der Waals surface area contributed by atoms with Gasteiger partial charge in [0.2, 0.25) is 0 Å². The number of rotatable bonds is 22. The zero-order valence-corrected chi connectivity index (χ0v) is 18.1. The van der Waals surface area contributed by atoms with Gasteiger partial charge in [0.15, 0.2) is 0 Å². The molecule has 0 aliphatic heterocycles. The highest BCUT2D eigenvalue weighted by molar-refractivity contribution is 5.59. The molecule has 7 heteroatoms. The fraction of sp³-hybridized carbons (Fsp3) is 0.952. The van der Waals surface area contributed by atoms with E-state index < -0.39 is 6.16 Å². The summed E-state index contributed by atoms with van der Waals surface area (Å²) in [4.78, 5) is 11.4. The summed E-state index contributed by atoms with van der Waals surface area (Å²) in [6.07, 6.45) is 7.10. The van der Waals surface area contributed by atoms with E-state index in [0.29, 0.717) is 52.9 Å². The zero-order valence-electron chi connectivity index (χ0n) is 18.1. The van der Waals surface area contributed by atoms with Crippen LogP contribution in [-0.2, 0) is 28.4 Å². The lowest BCUT2D eigenvalue weighted by molar-refractivity contribution is 0.0337. The molecule has 0 saturated heterocycles. The average molecular weight is 407 g/mol. The second-order valence-corrected chi connectivity index (χ2v) is 6.52. The van der Waals surface area contributed by atoms with Crippen LogP contribution in [0.5, 0.6) is 0 Å². The third kappa shape index (κ3) is 23.1. The van der Waals surface area contributed by atoms with Gasteiger partial charge in [0, 0.05) is 26.4 Å². The molecule has 0 spiro atoms. The Morgan fingerprint density at radius 3 is 1.14 bits per heavy atom. The fourth-order valence-electron chi connectivity index (χ4n) is 2.10. The van der Waals surface area contributed by atoms with Gasteiger partial charge in [-0.05, 0) is 38.5 Å². The summed E-state index contributed by atoms with van der Waals surface area (Å²) in [5.41, 5.74) is 0. The number of hydrogen-bond acceptors (Lipinski definition) is 7. The average Bonchev–Trinajstić information content (AvgIpc) is 2.70. The molecule has 0 saturated carbocycles. The Hall–Kier alpha value is -0.890. The van der Waals surface area contributed by atoms with Crippen molar-refractivity contribution in [3.8, 4) is 0 Å². The lowest BCUT2D eigenvalue weighted by atomic mass is 10.3. The Morgan fingerprint density at radius 1 is 0.464 bits per heavy atom. The smallest absolute Gasteiger partial charge is 0.434 e. The van der Waals surface area contributed by atoms with Gasteiger partial charge in [-0.25, -0.2) is 4.79 Å². The topological polar surface area (TPSA) is 72.5 Å². The number of carbonyl (C=O) groups excluding carboxylic acids is 1.